The van der Waals surface area contributed by atoms with Crippen LogP contribution in [-0.2, 0) is 7.05 Å². The zero-order chi connectivity index (χ0) is 12.3. The van der Waals surface area contributed by atoms with E-state index in [1.54, 1.807) is 7.05 Å². The quantitative estimate of drug-likeness (QED) is 0.866. The number of hydrogen-bond donors (Lipinski definition) is 1. The van der Waals surface area contributed by atoms with Crippen molar-refractivity contribution in [2.75, 3.05) is 23.7 Å². The summed E-state index contributed by atoms with van der Waals surface area (Å²) in [4.78, 5) is 1.15. The van der Waals surface area contributed by atoms with E-state index in [1.807, 2.05) is 6.92 Å². The van der Waals surface area contributed by atoms with Crippen LogP contribution in [0.25, 0.3) is 0 Å². The van der Waals surface area contributed by atoms with E-state index in [0.29, 0.717) is 6.42 Å². The Hall–Kier alpha value is -1.40. The molecule has 0 aliphatic heterocycles. The molecule has 0 aliphatic rings. The van der Waals surface area contributed by atoms with Gasteiger partial charge in [-0.3, -0.25) is 4.68 Å². The fraction of sp³-hybridized carbons (Fsp3) is 0.667. The number of anilines is 2. The minimum Gasteiger partial charge on any atom is -0.394 e. The first-order valence-electron chi connectivity index (χ1n) is 4.94. The predicted octanol–water partition coefficient (Wildman–Crippen LogP) is 1.78. The van der Waals surface area contributed by atoms with Gasteiger partial charge in [0.1, 0.15) is 6.54 Å². The molecule has 0 aromatic carbocycles. The van der Waals surface area contributed by atoms with E-state index in [1.165, 1.54) is 10.9 Å². The molecule has 0 saturated heterocycles. The van der Waals surface area contributed by atoms with Crippen LogP contribution in [-0.4, -0.2) is 29.0 Å². The van der Waals surface area contributed by atoms with Crippen molar-refractivity contribution in [3.8, 4) is 0 Å². The number of alkyl halides is 3. The third kappa shape index (κ3) is 3.32. The van der Waals surface area contributed by atoms with Crippen LogP contribution in [0, 0.1) is 0 Å². The fourth-order valence-corrected chi connectivity index (χ4v) is 1.49. The summed E-state index contributed by atoms with van der Waals surface area (Å²) in [5, 5.41) is 3.93. The topological polar surface area (TPSA) is 47.1 Å². The van der Waals surface area contributed by atoms with Crippen molar-refractivity contribution < 1.29 is 13.2 Å². The maximum atomic E-state index is 12.3. The number of rotatable bonds is 4. The molecule has 0 amide bonds. The molecule has 16 heavy (non-hydrogen) atoms. The molecule has 1 aromatic rings. The summed E-state index contributed by atoms with van der Waals surface area (Å²) in [6.07, 6.45) is -2.15. The van der Waals surface area contributed by atoms with E-state index in [2.05, 4.69) is 5.10 Å². The van der Waals surface area contributed by atoms with E-state index >= 15 is 0 Å². The van der Waals surface area contributed by atoms with Gasteiger partial charge in [-0.2, -0.15) is 18.3 Å². The van der Waals surface area contributed by atoms with Gasteiger partial charge in [-0.1, -0.05) is 6.92 Å². The molecule has 0 atom stereocenters. The van der Waals surface area contributed by atoms with Crippen molar-refractivity contribution in [1.29, 1.82) is 0 Å². The Morgan fingerprint density at radius 2 is 2.12 bits per heavy atom. The highest BCUT2D eigenvalue weighted by atomic mass is 19.4. The molecule has 0 bridgehead atoms. The van der Waals surface area contributed by atoms with Crippen LogP contribution < -0.4 is 10.6 Å². The van der Waals surface area contributed by atoms with Gasteiger partial charge in [-0.05, 0) is 6.42 Å². The van der Waals surface area contributed by atoms with Crippen LogP contribution in [0.1, 0.15) is 13.3 Å². The lowest BCUT2D eigenvalue weighted by Crippen LogP contribution is -2.35. The predicted molar refractivity (Wildman–Crippen MR) is 56.2 cm³/mol. The fourth-order valence-electron chi connectivity index (χ4n) is 1.49. The molecule has 1 aromatic heterocycles. The standard InChI is InChI=1S/C9H15F3N4/c1-3-4-16(6-9(10,11)12)8-7(13)5-15(2)14-8/h5H,3-4,6,13H2,1-2H3. The van der Waals surface area contributed by atoms with Gasteiger partial charge in [0, 0.05) is 19.8 Å². The molecule has 0 spiro atoms. The number of aryl methyl sites for hydroxylation is 1. The Bertz CT molecular complexity index is 345. The molecule has 1 heterocycles. The third-order valence-corrected chi connectivity index (χ3v) is 2.00. The van der Waals surface area contributed by atoms with Gasteiger partial charge >= 0.3 is 6.18 Å². The number of nitrogen functional groups attached to an aromatic ring is 1. The highest BCUT2D eigenvalue weighted by Crippen LogP contribution is 2.25. The summed E-state index contributed by atoms with van der Waals surface area (Å²) in [5.41, 5.74) is 5.86. The summed E-state index contributed by atoms with van der Waals surface area (Å²) < 4.78 is 38.4. The van der Waals surface area contributed by atoms with Gasteiger partial charge in [0.25, 0.3) is 0 Å². The summed E-state index contributed by atoms with van der Waals surface area (Å²) in [5.74, 6) is 0.196. The summed E-state index contributed by atoms with van der Waals surface area (Å²) in [6.45, 7) is 1.06. The van der Waals surface area contributed by atoms with Crippen LogP contribution in [0.5, 0.6) is 0 Å². The number of hydrogen-bond acceptors (Lipinski definition) is 3. The smallest absolute Gasteiger partial charge is 0.394 e. The number of halogens is 3. The maximum Gasteiger partial charge on any atom is 0.405 e. The van der Waals surface area contributed by atoms with Crippen LogP contribution in [0.3, 0.4) is 0 Å². The molecule has 7 heteroatoms. The van der Waals surface area contributed by atoms with Crippen LogP contribution in [0.2, 0.25) is 0 Å². The molecule has 0 radical (unpaired) electrons. The van der Waals surface area contributed by atoms with Gasteiger partial charge in [0.15, 0.2) is 5.82 Å². The van der Waals surface area contributed by atoms with Crippen LogP contribution >= 0.6 is 0 Å². The van der Waals surface area contributed by atoms with E-state index in [9.17, 15) is 13.2 Å². The van der Waals surface area contributed by atoms with Crippen molar-refractivity contribution in [2.24, 2.45) is 7.05 Å². The number of nitrogens with two attached hydrogens (primary N) is 1. The summed E-state index contributed by atoms with van der Waals surface area (Å²) >= 11 is 0. The molecule has 92 valence electrons. The van der Waals surface area contributed by atoms with E-state index in [0.717, 1.165) is 4.90 Å². The Morgan fingerprint density at radius 3 is 2.50 bits per heavy atom. The van der Waals surface area contributed by atoms with Crippen molar-refractivity contribution >= 4 is 11.5 Å². The van der Waals surface area contributed by atoms with Gasteiger partial charge in [-0.25, -0.2) is 0 Å². The number of aromatic nitrogens is 2. The minimum atomic E-state index is -4.25. The highest BCUT2D eigenvalue weighted by molar-refractivity contribution is 5.61. The van der Waals surface area contributed by atoms with Crippen molar-refractivity contribution in [1.82, 2.24) is 9.78 Å². The van der Waals surface area contributed by atoms with Gasteiger partial charge in [0.2, 0.25) is 0 Å². The molecule has 4 nitrogen and oxygen atoms in total. The third-order valence-electron chi connectivity index (χ3n) is 2.00. The number of nitrogens with zero attached hydrogens (tertiary/aromatic N) is 3. The van der Waals surface area contributed by atoms with E-state index in [-0.39, 0.29) is 18.1 Å². The lowest BCUT2D eigenvalue weighted by molar-refractivity contribution is -0.119. The van der Waals surface area contributed by atoms with Crippen molar-refractivity contribution in [2.45, 2.75) is 19.5 Å². The lowest BCUT2D eigenvalue weighted by Gasteiger charge is -2.23. The van der Waals surface area contributed by atoms with Gasteiger partial charge < -0.3 is 10.6 Å². The molecular formula is C9H15F3N4. The molecule has 0 aliphatic carbocycles. The maximum absolute atomic E-state index is 12.3. The lowest BCUT2D eigenvalue weighted by atomic mass is 10.3. The average Bonchev–Trinajstić information content (AvgIpc) is 2.42. The SMILES string of the molecule is CCCN(CC(F)(F)F)c1nn(C)cc1N. The molecule has 1 rings (SSSR count). The molecular weight excluding hydrogens is 221 g/mol. The Kier molecular flexibility index (Phi) is 3.66. The zero-order valence-electron chi connectivity index (χ0n) is 9.25. The molecule has 0 fully saturated rings. The molecule has 0 unspecified atom stereocenters. The van der Waals surface area contributed by atoms with E-state index in [4.69, 9.17) is 5.73 Å². The van der Waals surface area contributed by atoms with Gasteiger partial charge in [0.05, 0.1) is 5.69 Å². The first kappa shape index (κ1) is 12.7. The first-order chi connectivity index (χ1) is 7.33. The summed E-state index contributed by atoms with van der Waals surface area (Å²) in [6, 6.07) is 0. The monoisotopic (exact) mass is 236 g/mol. The Morgan fingerprint density at radius 1 is 1.50 bits per heavy atom. The zero-order valence-corrected chi connectivity index (χ0v) is 9.25. The highest BCUT2D eigenvalue weighted by Gasteiger charge is 2.32. The molecule has 2 N–H and O–H groups in total. The molecule has 0 saturated carbocycles. The van der Waals surface area contributed by atoms with Crippen molar-refractivity contribution in [3.05, 3.63) is 6.20 Å². The second-order valence-corrected chi connectivity index (χ2v) is 3.62. The second kappa shape index (κ2) is 4.63. The van der Waals surface area contributed by atoms with Gasteiger partial charge in [-0.15, -0.1) is 0 Å². The van der Waals surface area contributed by atoms with Crippen LogP contribution in [0.4, 0.5) is 24.7 Å². The second-order valence-electron chi connectivity index (χ2n) is 3.62. The largest absolute Gasteiger partial charge is 0.405 e. The first-order valence-corrected chi connectivity index (χ1v) is 4.94. The average molecular weight is 236 g/mol. The Labute approximate surface area is 91.8 Å². The van der Waals surface area contributed by atoms with Crippen molar-refractivity contribution in [3.63, 3.8) is 0 Å². The Balaban J connectivity index is 2.89. The summed E-state index contributed by atoms with van der Waals surface area (Å²) in [7, 11) is 1.62. The minimum absolute atomic E-state index is 0.196. The van der Waals surface area contributed by atoms with Crippen LogP contribution in [0.15, 0.2) is 6.20 Å². The van der Waals surface area contributed by atoms with E-state index < -0.39 is 12.7 Å². The normalized spacial score (nSPS) is 11.8.